The van der Waals surface area contributed by atoms with Gasteiger partial charge >= 0.3 is 0 Å². The van der Waals surface area contributed by atoms with Crippen molar-refractivity contribution in [2.75, 3.05) is 6.54 Å². The Kier molecular flexibility index (Phi) is 3.21. The largest absolute Gasteiger partial charge is 0.339 e. The number of rotatable bonds is 1. The van der Waals surface area contributed by atoms with Gasteiger partial charge in [0.1, 0.15) is 0 Å². The Bertz CT molecular complexity index is 323. The second kappa shape index (κ2) is 4.83. The fraction of sp³-hybridized carbons (Fsp3) is 0.800. The molecule has 0 aromatic heterocycles. The summed E-state index contributed by atoms with van der Waals surface area (Å²) in [7, 11) is 0. The number of fused-ring (bicyclic) bond motifs is 1. The van der Waals surface area contributed by atoms with Gasteiger partial charge in [-0.3, -0.25) is 4.79 Å². The second-order valence-electron chi connectivity index (χ2n) is 5.91. The molecule has 1 heterocycles. The van der Waals surface area contributed by atoms with Crippen LogP contribution in [0.3, 0.4) is 0 Å². The zero-order valence-corrected chi connectivity index (χ0v) is 10.6. The maximum absolute atomic E-state index is 12.5. The summed E-state index contributed by atoms with van der Waals surface area (Å²) in [4.78, 5) is 14.8. The third-order valence-electron chi connectivity index (χ3n) is 4.91. The molecule has 2 aliphatic carbocycles. The Labute approximate surface area is 104 Å². The molecule has 0 aromatic rings. The van der Waals surface area contributed by atoms with Crippen LogP contribution in [-0.2, 0) is 4.79 Å². The van der Waals surface area contributed by atoms with Gasteiger partial charge in [-0.05, 0) is 44.4 Å². The maximum atomic E-state index is 12.5. The molecule has 0 bridgehead atoms. The van der Waals surface area contributed by atoms with E-state index in [0.29, 0.717) is 17.9 Å². The SMILES string of the molecule is O=C(C1CC=CCC1)N1CCC2CCCCC21. The number of likely N-dealkylation sites (tertiary alicyclic amines) is 1. The first kappa shape index (κ1) is 11.3. The summed E-state index contributed by atoms with van der Waals surface area (Å²) in [5.41, 5.74) is 0. The van der Waals surface area contributed by atoms with Gasteiger partial charge in [-0.1, -0.05) is 25.0 Å². The zero-order valence-electron chi connectivity index (χ0n) is 10.6. The molecule has 3 unspecified atom stereocenters. The molecule has 2 nitrogen and oxygen atoms in total. The molecule has 0 spiro atoms. The van der Waals surface area contributed by atoms with Gasteiger partial charge in [0.05, 0.1) is 0 Å². The summed E-state index contributed by atoms with van der Waals surface area (Å²) in [5, 5.41) is 0. The molecule has 3 aliphatic rings. The van der Waals surface area contributed by atoms with Crippen LogP contribution in [0, 0.1) is 11.8 Å². The molecule has 1 saturated heterocycles. The lowest BCUT2D eigenvalue weighted by molar-refractivity contribution is -0.137. The van der Waals surface area contributed by atoms with E-state index < -0.39 is 0 Å². The molecule has 0 radical (unpaired) electrons. The molecule has 3 rings (SSSR count). The topological polar surface area (TPSA) is 20.3 Å². The highest BCUT2D eigenvalue weighted by Crippen LogP contribution is 2.37. The van der Waals surface area contributed by atoms with Crippen LogP contribution < -0.4 is 0 Å². The van der Waals surface area contributed by atoms with E-state index in [2.05, 4.69) is 17.1 Å². The summed E-state index contributed by atoms with van der Waals surface area (Å²) < 4.78 is 0. The monoisotopic (exact) mass is 233 g/mol. The van der Waals surface area contributed by atoms with Crippen molar-refractivity contribution in [1.29, 1.82) is 0 Å². The van der Waals surface area contributed by atoms with Gasteiger partial charge in [-0.15, -0.1) is 0 Å². The van der Waals surface area contributed by atoms with Gasteiger partial charge in [-0.25, -0.2) is 0 Å². The second-order valence-corrected chi connectivity index (χ2v) is 5.91. The molecule has 3 atom stereocenters. The lowest BCUT2D eigenvalue weighted by Gasteiger charge is -2.34. The Balaban J connectivity index is 1.67. The van der Waals surface area contributed by atoms with Crippen molar-refractivity contribution in [1.82, 2.24) is 4.90 Å². The van der Waals surface area contributed by atoms with Crippen LogP contribution in [-0.4, -0.2) is 23.4 Å². The molecule has 1 aliphatic heterocycles. The van der Waals surface area contributed by atoms with Gasteiger partial charge in [0.2, 0.25) is 5.91 Å². The minimum Gasteiger partial charge on any atom is -0.339 e. The Morgan fingerprint density at radius 2 is 1.94 bits per heavy atom. The molecular formula is C15H23NO. The van der Waals surface area contributed by atoms with E-state index in [4.69, 9.17) is 0 Å². The zero-order chi connectivity index (χ0) is 11.7. The van der Waals surface area contributed by atoms with Gasteiger partial charge in [-0.2, -0.15) is 0 Å². The number of amides is 1. The molecule has 17 heavy (non-hydrogen) atoms. The first-order valence-electron chi connectivity index (χ1n) is 7.32. The minimum absolute atomic E-state index is 0.292. The first-order valence-corrected chi connectivity index (χ1v) is 7.32. The highest BCUT2D eigenvalue weighted by atomic mass is 16.2. The Hall–Kier alpha value is -0.790. The van der Waals surface area contributed by atoms with Crippen LogP contribution in [0.5, 0.6) is 0 Å². The molecule has 94 valence electrons. The molecule has 0 aromatic carbocycles. The third-order valence-corrected chi connectivity index (χ3v) is 4.91. The predicted octanol–water partition coefficient (Wildman–Crippen LogP) is 3.13. The molecule has 1 saturated carbocycles. The van der Waals surface area contributed by atoms with Crippen molar-refractivity contribution >= 4 is 5.91 Å². The van der Waals surface area contributed by atoms with Crippen LogP contribution in [0.1, 0.15) is 51.4 Å². The highest BCUT2D eigenvalue weighted by molar-refractivity contribution is 5.79. The van der Waals surface area contributed by atoms with Gasteiger partial charge < -0.3 is 4.90 Å². The van der Waals surface area contributed by atoms with Crippen molar-refractivity contribution in [3.63, 3.8) is 0 Å². The maximum Gasteiger partial charge on any atom is 0.226 e. The molecule has 2 heteroatoms. The van der Waals surface area contributed by atoms with Gasteiger partial charge in [0.25, 0.3) is 0 Å². The van der Waals surface area contributed by atoms with E-state index in [1.165, 1.54) is 32.1 Å². The number of hydrogen-bond donors (Lipinski definition) is 0. The first-order chi connectivity index (χ1) is 8.36. The number of carbonyl (C=O) groups excluding carboxylic acids is 1. The van der Waals surface area contributed by atoms with Crippen LogP contribution >= 0.6 is 0 Å². The molecule has 0 N–H and O–H groups in total. The van der Waals surface area contributed by atoms with E-state index in [9.17, 15) is 4.79 Å². The summed E-state index contributed by atoms with van der Waals surface area (Å²) in [6.45, 7) is 1.04. The third kappa shape index (κ3) is 2.14. The number of allylic oxidation sites excluding steroid dienone is 2. The standard InChI is InChI=1S/C15H23NO/c17-15(13-7-2-1-3-8-13)16-11-10-12-6-4-5-9-14(12)16/h1-2,12-14H,3-11H2. The predicted molar refractivity (Wildman–Crippen MR) is 68.6 cm³/mol. The Morgan fingerprint density at radius 1 is 1.06 bits per heavy atom. The van der Waals surface area contributed by atoms with Crippen molar-refractivity contribution in [2.45, 2.75) is 57.4 Å². The van der Waals surface area contributed by atoms with E-state index in [-0.39, 0.29) is 0 Å². The van der Waals surface area contributed by atoms with Crippen molar-refractivity contribution in [3.05, 3.63) is 12.2 Å². The van der Waals surface area contributed by atoms with E-state index >= 15 is 0 Å². The van der Waals surface area contributed by atoms with Crippen LogP contribution in [0.4, 0.5) is 0 Å². The fourth-order valence-electron chi connectivity index (χ4n) is 3.93. The lowest BCUT2D eigenvalue weighted by Crippen LogP contribution is -2.42. The number of hydrogen-bond acceptors (Lipinski definition) is 1. The van der Waals surface area contributed by atoms with Crippen molar-refractivity contribution < 1.29 is 4.79 Å². The minimum atomic E-state index is 0.292. The lowest BCUT2D eigenvalue weighted by atomic mass is 9.84. The van der Waals surface area contributed by atoms with Crippen molar-refractivity contribution in [3.8, 4) is 0 Å². The van der Waals surface area contributed by atoms with Crippen molar-refractivity contribution in [2.24, 2.45) is 11.8 Å². The van der Waals surface area contributed by atoms with Crippen LogP contribution in [0.2, 0.25) is 0 Å². The smallest absolute Gasteiger partial charge is 0.226 e. The van der Waals surface area contributed by atoms with Gasteiger partial charge in [0.15, 0.2) is 0 Å². The number of carbonyl (C=O) groups is 1. The van der Waals surface area contributed by atoms with E-state index in [1.807, 2.05) is 0 Å². The summed E-state index contributed by atoms with van der Waals surface area (Å²) in [5.74, 6) is 1.58. The fourth-order valence-corrected chi connectivity index (χ4v) is 3.93. The molecule has 1 amide bonds. The van der Waals surface area contributed by atoms with E-state index in [0.717, 1.165) is 31.7 Å². The average Bonchev–Trinajstić information content (AvgIpc) is 2.83. The summed E-state index contributed by atoms with van der Waals surface area (Å²) in [6.07, 6.45) is 14.2. The highest BCUT2D eigenvalue weighted by Gasteiger charge is 2.39. The molecular weight excluding hydrogens is 210 g/mol. The average molecular weight is 233 g/mol. The van der Waals surface area contributed by atoms with Gasteiger partial charge in [0, 0.05) is 18.5 Å². The quantitative estimate of drug-likeness (QED) is 0.637. The number of nitrogens with zero attached hydrogens (tertiary/aromatic N) is 1. The van der Waals surface area contributed by atoms with Crippen LogP contribution in [0.15, 0.2) is 12.2 Å². The van der Waals surface area contributed by atoms with Crippen LogP contribution in [0.25, 0.3) is 0 Å². The summed E-state index contributed by atoms with van der Waals surface area (Å²) >= 11 is 0. The normalized spacial score (nSPS) is 36.9. The van der Waals surface area contributed by atoms with E-state index in [1.54, 1.807) is 0 Å². The Morgan fingerprint density at radius 3 is 2.76 bits per heavy atom. The molecule has 2 fully saturated rings. The summed E-state index contributed by atoms with van der Waals surface area (Å²) in [6, 6.07) is 0.599.